The van der Waals surface area contributed by atoms with E-state index in [1.807, 2.05) is 30.3 Å². The van der Waals surface area contributed by atoms with Gasteiger partial charge in [-0.15, -0.1) is 0 Å². The van der Waals surface area contributed by atoms with Crippen molar-refractivity contribution in [2.24, 2.45) is 0 Å². The molecule has 7 nitrogen and oxygen atoms in total. The van der Waals surface area contributed by atoms with Crippen LogP contribution in [0.1, 0.15) is 11.5 Å². The van der Waals surface area contributed by atoms with Gasteiger partial charge in [0.05, 0.1) is 12.0 Å². The molecule has 3 rings (SSSR count). The van der Waals surface area contributed by atoms with E-state index in [0.717, 1.165) is 11.3 Å². The quantitative estimate of drug-likeness (QED) is 0.523. The van der Waals surface area contributed by atoms with Crippen LogP contribution in [0.3, 0.4) is 0 Å². The van der Waals surface area contributed by atoms with Gasteiger partial charge in [0.15, 0.2) is 0 Å². The van der Waals surface area contributed by atoms with Gasteiger partial charge in [-0.3, -0.25) is 10.1 Å². The fraction of sp³-hybridized carbons (Fsp3) is 0.0588. The first-order chi connectivity index (χ1) is 11.7. The van der Waals surface area contributed by atoms with E-state index < -0.39 is 4.92 Å². The third kappa shape index (κ3) is 3.30. The molecule has 0 fully saturated rings. The van der Waals surface area contributed by atoms with E-state index in [1.165, 1.54) is 12.1 Å². The lowest BCUT2D eigenvalue weighted by molar-refractivity contribution is -0.384. The van der Waals surface area contributed by atoms with Crippen molar-refractivity contribution in [3.8, 4) is 17.1 Å². The molecule has 0 aliphatic rings. The van der Waals surface area contributed by atoms with E-state index in [9.17, 15) is 10.1 Å². The molecule has 24 heavy (non-hydrogen) atoms. The molecule has 0 radical (unpaired) electrons. The Balaban J connectivity index is 1.80. The molecule has 0 saturated carbocycles. The van der Waals surface area contributed by atoms with E-state index >= 15 is 0 Å². The maximum Gasteiger partial charge on any atom is 0.269 e. The van der Waals surface area contributed by atoms with Gasteiger partial charge in [0, 0.05) is 29.3 Å². The van der Waals surface area contributed by atoms with E-state index in [0.29, 0.717) is 17.3 Å². The largest absolute Gasteiger partial charge is 0.496 e. The molecule has 0 atom stereocenters. The smallest absolute Gasteiger partial charge is 0.269 e. The van der Waals surface area contributed by atoms with Crippen LogP contribution in [0.2, 0.25) is 0 Å². The van der Waals surface area contributed by atoms with Crippen LogP contribution in [0.15, 0.2) is 53.1 Å². The van der Waals surface area contributed by atoms with Gasteiger partial charge in [0.25, 0.3) is 11.6 Å². The van der Waals surface area contributed by atoms with Crippen LogP contribution in [0, 0.1) is 10.1 Å². The third-order valence-corrected chi connectivity index (χ3v) is 3.32. The Bertz CT molecular complexity index is 885. The first-order valence-electron chi connectivity index (χ1n) is 7.07. The van der Waals surface area contributed by atoms with Crippen molar-refractivity contribution in [3.05, 3.63) is 70.1 Å². The zero-order valence-electron chi connectivity index (χ0n) is 12.7. The summed E-state index contributed by atoms with van der Waals surface area (Å²) in [7, 11) is 1.60. The summed E-state index contributed by atoms with van der Waals surface area (Å²) in [5.41, 5.74) is 1.54. The van der Waals surface area contributed by atoms with Crippen molar-refractivity contribution in [2.75, 3.05) is 7.11 Å². The number of hydrogen-bond acceptors (Lipinski definition) is 6. The number of para-hydroxylation sites is 1. The van der Waals surface area contributed by atoms with Gasteiger partial charge in [-0.1, -0.05) is 23.4 Å². The Morgan fingerprint density at radius 2 is 1.88 bits per heavy atom. The van der Waals surface area contributed by atoms with Crippen molar-refractivity contribution in [3.63, 3.8) is 0 Å². The zero-order valence-corrected chi connectivity index (χ0v) is 12.7. The first-order valence-corrected chi connectivity index (χ1v) is 7.07. The summed E-state index contributed by atoms with van der Waals surface area (Å²) in [5.74, 6) is 1.43. The molecule has 3 aromatic rings. The summed E-state index contributed by atoms with van der Waals surface area (Å²) in [4.78, 5) is 14.5. The van der Waals surface area contributed by atoms with Crippen LogP contribution in [0.25, 0.3) is 23.5 Å². The van der Waals surface area contributed by atoms with E-state index in [1.54, 1.807) is 25.3 Å². The molecule has 7 heteroatoms. The lowest BCUT2D eigenvalue weighted by atomic mass is 10.2. The summed E-state index contributed by atoms with van der Waals surface area (Å²) in [5, 5.41) is 14.5. The Hall–Kier alpha value is -3.48. The van der Waals surface area contributed by atoms with Gasteiger partial charge in [0.2, 0.25) is 5.82 Å². The average molecular weight is 323 g/mol. The highest BCUT2D eigenvalue weighted by Crippen LogP contribution is 2.22. The zero-order chi connectivity index (χ0) is 16.9. The van der Waals surface area contributed by atoms with Gasteiger partial charge in [-0.2, -0.15) is 4.98 Å². The molecule has 0 bridgehead atoms. The van der Waals surface area contributed by atoms with Crippen molar-refractivity contribution < 1.29 is 14.2 Å². The van der Waals surface area contributed by atoms with Crippen molar-refractivity contribution in [1.82, 2.24) is 10.1 Å². The number of non-ortho nitro benzene ring substituents is 1. The molecule has 2 aromatic carbocycles. The maximum absolute atomic E-state index is 10.7. The van der Waals surface area contributed by atoms with Crippen molar-refractivity contribution >= 4 is 17.8 Å². The third-order valence-electron chi connectivity index (χ3n) is 3.32. The summed E-state index contributed by atoms with van der Waals surface area (Å²) in [6.45, 7) is 0. The maximum atomic E-state index is 10.7. The van der Waals surface area contributed by atoms with Crippen LogP contribution in [-0.2, 0) is 0 Å². The second-order valence-corrected chi connectivity index (χ2v) is 4.84. The molecular formula is C17H13N3O4. The van der Waals surface area contributed by atoms with E-state index in [2.05, 4.69) is 10.1 Å². The number of rotatable bonds is 5. The van der Waals surface area contributed by atoms with E-state index in [-0.39, 0.29) is 5.69 Å². The average Bonchev–Trinajstić information content (AvgIpc) is 3.09. The molecule has 0 saturated heterocycles. The number of aromatic nitrogens is 2. The fourth-order valence-corrected chi connectivity index (χ4v) is 2.12. The lowest BCUT2D eigenvalue weighted by Crippen LogP contribution is -1.87. The first kappa shape index (κ1) is 15.4. The molecule has 1 aromatic heterocycles. The Morgan fingerprint density at radius 1 is 1.12 bits per heavy atom. The topological polar surface area (TPSA) is 91.3 Å². The summed E-state index contributed by atoms with van der Waals surface area (Å²) < 4.78 is 10.4. The summed E-state index contributed by atoms with van der Waals surface area (Å²) in [6.07, 6.45) is 3.49. The highest BCUT2D eigenvalue weighted by atomic mass is 16.6. The summed E-state index contributed by atoms with van der Waals surface area (Å²) >= 11 is 0. The van der Waals surface area contributed by atoms with Gasteiger partial charge in [-0.05, 0) is 24.3 Å². The number of nitro benzene ring substituents is 1. The second kappa shape index (κ2) is 6.74. The van der Waals surface area contributed by atoms with Gasteiger partial charge in [-0.25, -0.2) is 0 Å². The number of benzene rings is 2. The highest BCUT2D eigenvalue weighted by Gasteiger charge is 2.10. The molecule has 0 amide bonds. The van der Waals surface area contributed by atoms with E-state index in [4.69, 9.17) is 9.26 Å². The molecule has 1 heterocycles. The lowest BCUT2D eigenvalue weighted by Gasteiger charge is -2.02. The molecule has 120 valence electrons. The number of hydrogen-bond donors (Lipinski definition) is 0. The van der Waals surface area contributed by atoms with Gasteiger partial charge < -0.3 is 9.26 Å². The van der Waals surface area contributed by atoms with Gasteiger partial charge in [0.1, 0.15) is 5.75 Å². The Kier molecular flexibility index (Phi) is 4.33. The minimum atomic E-state index is -0.457. The Morgan fingerprint density at radius 3 is 2.58 bits per heavy atom. The second-order valence-electron chi connectivity index (χ2n) is 4.84. The fourth-order valence-electron chi connectivity index (χ4n) is 2.12. The van der Waals surface area contributed by atoms with Gasteiger partial charge >= 0.3 is 0 Å². The number of ether oxygens (including phenoxy) is 1. The molecule has 0 unspecified atom stereocenters. The van der Waals surface area contributed by atoms with Crippen LogP contribution < -0.4 is 4.74 Å². The molecule has 0 spiro atoms. The van der Waals surface area contributed by atoms with Crippen molar-refractivity contribution in [2.45, 2.75) is 0 Å². The SMILES string of the molecule is COc1ccccc1/C=C/c1nc(-c2ccc([N+](=O)[O-])cc2)no1. The molecule has 0 N–H and O–H groups in total. The minimum Gasteiger partial charge on any atom is -0.496 e. The Labute approximate surface area is 137 Å². The molecule has 0 aliphatic carbocycles. The van der Waals surface area contributed by atoms with Crippen LogP contribution in [0.4, 0.5) is 5.69 Å². The number of nitrogens with zero attached hydrogens (tertiary/aromatic N) is 3. The van der Waals surface area contributed by atoms with Crippen molar-refractivity contribution in [1.29, 1.82) is 0 Å². The monoisotopic (exact) mass is 323 g/mol. The normalized spacial score (nSPS) is 10.9. The standard InChI is InChI=1S/C17H13N3O4/c1-23-15-5-3-2-4-12(15)8-11-16-18-17(19-24-16)13-6-9-14(10-7-13)20(21)22/h2-11H,1H3/b11-8+. The number of nitro groups is 1. The predicted molar refractivity (Wildman–Crippen MR) is 88.3 cm³/mol. The molecular weight excluding hydrogens is 310 g/mol. The minimum absolute atomic E-state index is 0.0125. The highest BCUT2D eigenvalue weighted by molar-refractivity contribution is 5.70. The van der Waals surface area contributed by atoms with Crippen LogP contribution >= 0.6 is 0 Å². The van der Waals surface area contributed by atoms with Crippen LogP contribution in [-0.4, -0.2) is 22.2 Å². The number of methoxy groups -OCH3 is 1. The van der Waals surface area contributed by atoms with Crippen LogP contribution in [0.5, 0.6) is 5.75 Å². The predicted octanol–water partition coefficient (Wildman–Crippen LogP) is 3.82. The summed E-state index contributed by atoms with van der Waals surface area (Å²) in [6, 6.07) is 13.5. The molecule has 0 aliphatic heterocycles.